The summed E-state index contributed by atoms with van der Waals surface area (Å²) in [6, 6.07) is 43.7. The first-order valence-corrected chi connectivity index (χ1v) is 16.5. The first-order valence-electron chi connectivity index (χ1n) is 16.5. The van der Waals surface area contributed by atoms with Gasteiger partial charge < -0.3 is 19.2 Å². The molecule has 5 heteroatoms. The third-order valence-corrected chi connectivity index (χ3v) is 9.43. The predicted octanol–water partition coefficient (Wildman–Crippen LogP) is 11.0. The van der Waals surface area contributed by atoms with Crippen molar-refractivity contribution in [1.29, 1.82) is 0 Å². The maximum atomic E-state index is 4.41. The van der Waals surface area contributed by atoms with Gasteiger partial charge in [-0.2, -0.15) is 6.67 Å². The van der Waals surface area contributed by atoms with Crippen molar-refractivity contribution in [3.8, 4) is 11.3 Å². The van der Waals surface area contributed by atoms with Gasteiger partial charge in [-0.3, -0.25) is 0 Å². The van der Waals surface area contributed by atoms with Crippen LogP contribution in [0.1, 0.15) is 36.5 Å². The molecule has 3 aromatic heterocycles. The van der Waals surface area contributed by atoms with E-state index >= 15 is 0 Å². The molecule has 0 fully saturated rings. The van der Waals surface area contributed by atoms with Crippen molar-refractivity contribution >= 4 is 55.2 Å². The van der Waals surface area contributed by atoms with Gasteiger partial charge in [0.15, 0.2) is 0 Å². The number of anilines is 3. The summed E-state index contributed by atoms with van der Waals surface area (Å²) in [6.07, 6.45) is 4.27. The van der Waals surface area contributed by atoms with E-state index in [0.717, 1.165) is 23.5 Å². The second-order valence-electron chi connectivity index (χ2n) is 12.6. The number of hydrogen-bond acceptors (Lipinski definition) is 3. The Bertz CT molecular complexity index is 2290. The number of rotatable bonds is 5. The van der Waals surface area contributed by atoms with Crippen LogP contribution in [0.15, 0.2) is 109 Å². The van der Waals surface area contributed by atoms with E-state index in [2.05, 4.69) is 163 Å². The summed E-state index contributed by atoms with van der Waals surface area (Å²) in [6.45, 7) is 11.8. The van der Waals surface area contributed by atoms with Crippen LogP contribution in [-0.4, -0.2) is 15.9 Å². The minimum absolute atomic E-state index is 0. The van der Waals surface area contributed by atoms with Gasteiger partial charge in [-0.15, -0.1) is 52.9 Å². The molecule has 238 valence electrons. The Kier molecular flexibility index (Phi) is 8.68. The fourth-order valence-electron chi connectivity index (χ4n) is 6.78. The minimum atomic E-state index is 0. The maximum absolute atomic E-state index is 4.41. The van der Waals surface area contributed by atoms with Gasteiger partial charge in [-0.1, -0.05) is 96.9 Å². The van der Waals surface area contributed by atoms with Crippen LogP contribution >= 0.6 is 0 Å². The molecule has 0 N–H and O–H groups in total. The summed E-state index contributed by atoms with van der Waals surface area (Å²) in [4.78, 5) is 9.10. The van der Waals surface area contributed by atoms with Gasteiger partial charge in [0.1, 0.15) is 0 Å². The second-order valence-corrected chi connectivity index (χ2v) is 12.6. The molecule has 9 rings (SSSR count). The number of aromatic nitrogens is 2. The average Bonchev–Trinajstić information content (AvgIpc) is 3.76. The van der Waals surface area contributed by atoms with Crippen LogP contribution in [-0.2, 0) is 20.1 Å². The summed E-state index contributed by atoms with van der Waals surface area (Å²) in [5.74, 6) is 0. The number of hydrogen-bond donors (Lipinski definition) is 0. The van der Waals surface area contributed by atoms with Gasteiger partial charge in [0.2, 0.25) is 0 Å². The van der Waals surface area contributed by atoms with Crippen molar-refractivity contribution in [2.45, 2.75) is 40.5 Å². The maximum Gasteiger partial charge on any atom is 3.00 e. The molecule has 48 heavy (non-hydrogen) atoms. The van der Waals surface area contributed by atoms with E-state index in [1.165, 1.54) is 79.0 Å². The molecule has 0 atom stereocenters. The topological polar surface area (TPSA) is 23.8 Å². The number of benzene rings is 5. The first kappa shape index (κ1) is 31.9. The van der Waals surface area contributed by atoms with Crippen molar-refractivity contribution in [3.63, 3.8) is 0 Å². The van der Waals surface area contributed by atoms with E-state index < -0.39 is 0 Å². The van der Waals surface area contributed by atoms with Gasteiger partial charge in [0.05, 0.1) is 0 Å². The van der Waals surface area contributed by atoms with Crippen LogP contribution in [0.4, 0.5) is 17.1 Å². The molecule has 8 aromatic rings. The van der Waals surface area contributed by atoms with Crippen LogP contribution in [0.3, 0.4) is 0 Å². The Balaban J connectivity index is 0.000000193. The minimum Gasteiger partial charge on any atom is -0.501 e. The summed E-state index contributed by atoms with van der Waals surface area (Å²) in [5, 5.41) is 5.04. The van der Waals surface area contributed by atoms with Gasteiger partial charge in [0, 0.05) is 28.6 Å². The third-order valence-electron chi connectivity index (χ3n) is 9.43. The number of para-hydroxylation sites is 4. The Morgan fingerprint density at radius 1 is 0.750 bits per heavy atom. The van der Waals surface area contributed by atoms with Gasteiger partial charge in [0.25, 0.3) is 0 Å². The third kappa shape index (κ3) is 5.41. The molecule has 0 radical (unpaired) electrons. The number of aryl methyl sites for hydroxylation is 3. The number of pyridine rings is 1. The standard InChI is InChI=1S/C29H23N3.C14H14N.Ir/c1-2-3-16-30-19-31(28-15-9-8-14-27(28)30)20-17-23-21-10-4-6-12-25(21)32-26-13-7-5-11-22(26)24(18-20)29(23)32;1-10-4-6-13(7-5-10)14-8-11(2)12(3)9-15-14;/h4-15,17,19H,2-3,16H2,1H3;4-6,8-9H,1-3H3;/q-2;-1;+3. The first-order chi connectivity index (χ1) is 23.0. The molecule has 0 saturated heterocycles. The zero-order valence-electron chi connectivity index (χ0n) is 27.7. The van der Waals surface area contributed by atoms with Crippen molar-refractivity contribution in [2.24, 2.45) is 0 Å². The molecule has 0 bridgehead atoms. The molecule has 5 aromatic carbocycles. The van der Waals surface area contributed by atoms with Crippen molar-refractivity contribution in [1.82, 2.24) is 9.38 Å². The Morgan fingerprint density at radius 2 is 1.46 bits per heavy atom. The zero-order chi connectivity index (χ0) is 32.1. The SMILES string of the molecule is CCCCN1[CH-]N(c2[c-]c3c4ccccc4n4c5ccccc5c(c2)c34)c2ccccc21.Cc1c[c-]c(-c2cc(C)c(C)cn2)cc1.[Ir+3]. The van der Waals surface area contributed by atoms with Crippen LogP contribution in [0.2, 0.25) is 0 Å². The molecule has 0 spiro atoms. The van der Waals surface area contributed by atoms with E-state index in [9.17, 15) is 0 Å². The molecule has 1 aliphatic rings. The average molecular weight is 802 g/mol. The van der Waals surface area contributed by atoms with Gasteiger partial charge in [-0.05, 0) is 73.2 Å². The molecule has 0 saturated carbocycles. The van der Waals surface area contributed by atoms with Crippen molar-refractivity contribution in [2.75, 3.05) is 16.3 Å². The zero-order valence-corrected chi connectivity index (χ0v) is 30.1. The van der Waals surface area contributed by atoms with Crippen molar-refractivity contribution in [3.05, 3.63) is 145 Å². The quantitative estimate of drug-likeness (QED) is 0.162. The summed E-state index contributed by atoms with van der Waals surface area (Å²) in [5.41, 5.74) is 13.1. The summed E-state index contributed by atoms with van der Waals surface area (Å²) in [7, 11) is 0. The largest absolute Gasteiger partial charge is 3.00 e. The van der Waals surface area contributed by atoms with Crippen LogP contribution in [0.25, 0.3) is 49.4 Å². The van der Waals surface area contributed by atoms with E-state index in [-0.39, 0.29) is 20.1 Å². The molecule has 0 aliphatic carbocycles. The molecule has 1 aliphatic heterocycles. The van der Waals surface area contributed by atoms with Crippen LogP contribution in [0.5, 0.6) is 0 Å². The van der Waals surface area contributed by atoms with Crippen LogP contribution in [0, 0.1) is 39.6 Å². The van der Waals surface area contributed by atoms with E-state index in [1.54, 1.807) is 0 Å². The number of nitrogens with zero attached hydrogens (tertiary/aromatic N) is 4. The second kappa shape index (κ2) is 13.1. The van der Waals surface area contributed by atoms with E-state index in [1.807, 2.05) is 12.3 Å². The number of unbranched alkanes of at least 4 members (excludes halogenated alkanes) is 1. The molecule has 4 heterocycles. The Hall–Kier alpha value is -4.70. The van der Waals surface area contributed by atoms with Crippen LogP contribution < -0.4 is 9.80 Å². The normalized spacial score (nSPS) is 12.5. The summed E-state index contributed by atoms with van der Waals surface area (Å²) < 4.78 is 2.41. The Labute approximate surface area is 296 Å². The predicted molar refractivity (Wildman–Crippen MR) is 198 cm³/mol. The molecule has 0 unspecified atom stereocenters. The monoisotopic (exact) mass is 802 g/mol. The van der Waals surface area contributed by atoms with Gasteiger partial charge >= 0.3 is 20.1 Å². The molecule has 0 amide bonds. The molecule has 4 nitrogen and oxygen atoms in total. The summed E-state index contributed by atoms with van der Waals surface area (Å²) >= 11 is 0. The van der Waals surface area contributed by atoms with Gasteiger partial charge in [-0.25, -0.2) is 0 Å². The van der Waals surface area contributed by atoms with E-state index in [4.69, 9.17) is 0 Å². The number of fused-ring (bicyclic) bond motifs is 7. The van der Waals surface area contributed by atoms with Crippen molar-refractivity contribution < 1.29 is 20.1 Å². The smallest absolute Gasteiger partial charge is 0.501 e. The molecular weight excluding hydrogens is 765 g/mol. The fraction of sp³-hybridized carbons (Fsp3) is 0.163. The van der Waals surface area contributed by atoms with E-state index in [0.29, 0.717) is 0 Å². The fourth-order valence-corrected chi connectivity index (χ4v) is 6.78. The Morgan fingerprint density at radius 3 is 2.19 bits per heavy atom. The molecular formula is C43H37IrN4.